The number of carbonyl (C=O) groups excluding carboxylic acids is 2. The second-order valence-electron chi connectivity index (χ2n) is 1.08. The van der Waals surface area contributed by atoms with Gasteiger partial charge in [0.05, 0.1) is 6.61 Å². The number of hydrogen-bond donors (Lipinski definition) is 0. The van der Waals surface area contributed by atoms with Gasteiger partial charge in [-0.05, 0) is 6.92 Å². The Kier molecular flexibility index (Phi) is 4.49. The van der Waals surface area contributed by atoms with Gasteiger partial charge in [0.1, 0.15) is 0 Å². The van der Waals surface area contributed by atoms with Crippen molar-refractivity contribution in [1.82, 2.24) is 0 Å². The van der Waals surface area contributed by atoms with Crippen molar-refractivity contribution in [3.8, 4) is 0 Å². The molecule has 0 unspecified atom stereocenters. The first-order chi connectivity index (χ1) is 4.31. The molecule has 0 aliphatic carbocycles. The summed E-state index contributed by atoms with van der Waals surface area (Å²) in [6.45, 7) is 2.97. The number of aldehydes is 1. The van der Waals surface area contributed by atoms with Crippen LogP contribution < -0.4 is 0 Å². The number of rotatable bonds is 3. The van der Waals surface area contributed by atoms with E-state index in [9.17, 15) is 9.59 Å². The van der Waals surface area contributed by atoms with Crippen molar-refractivity contribution in [2.75, 3.05) is 13.2 Å². The lowest BCUT2D eigenvalue weighted by atomic mass is 10.8. The van der Waals surface area contributed by atoms with Gasteiger partial charge in [-0.25, -0.2) is 4.79 Å². The molecule has 4 nitrogen and oxygen atoms in total. The molecule has 0 rings (SSSR count). The third kappa shape index (κ3) is 4.80. The molecule has 51 valence electrons. The Hall–Kier alpha value is -1.06. The maximum absolute atomic E-state index is 10.2. The van der Waals surface area contributed by atoms with E-state index in [1.165, 1.54) is 0 Å². The van der Waals surface area contributed by atoms with Crippen LogP contribution in [0.4, 0.5) is 4.79 Å². The van der Waals surface area contributed by atoms with Crippen molar-refractivity contribution in [3.05, 3.63) is 6.92 Å². The molecule has 0 aromatic carbocycles. The minimum atomic E-state index is -0.864. The highest BCUT2D eigenvalue weighted by Gasteiger charge is 1.98. The minimum absolute atomic E-state index is 0.0116. The Labute approximate surface area is 52.7 Å². The Morgan fingerprint density at radius 1 is 1.56 bits per heavy atom. The zero-order valence-electron chi connectivity index (χ0n) is 4.83. The van der Waals surface area contributed by atoms with Crippen LogP contribution in [0.5, 0.6) is 0 Å². The van der Waals surface area contributed by atoms with Crippen LogP contribution in [-0.2, 0) is 14.3 Å². The summed E-state index contributed by atoms with van der Waals surface area (Å²) in [5.74, 6) is 0. The van der Waals surface area contributed by atoms with Crippen molar-refractivity contribution in [1.29, 1.82) is 0 Å². The lowest BCUT2D eigenvalue weighted by Gasteiger charge is -1.97. The molecule has 0 saturated carbocycles. The summed E-state index contributed by atoms with van der Waals surface area (Å²) in [6.07, 6.45) is -0.401. The average Bonchev–Trinajstić information content (AvgIpc) is 1.85. The van der Waals surface area contributed by atoms with E-state index in [2.05, 4.69) is 16.4 Å². The van der Waals surface area contributed by atoms with Gasteiger partial charge in [0.15, 0.2) is 12.9 Å². The highest BCUT2D eigenvalue weighted by atomic mass is 16.7. The monoisotopic (exact) mass is 131 g/mol. The molecule has 0 fully saturated rings. The third-order valence-electron chi connectivity index (χ3n) is 0.489. The lowest BCUT2D eigenvalue weighted by Crippen LogP contribution is -2.08. The predicted octanol–water partition coefficient (Wildman–Crippen LogP) is 0.173. The van der Waals surface area contributed by atoms with E-state index in [4.69, 9.17) is 0 Å². The lowest BCUT2D eigenvalue weighted by molar-refractivity contribution is -0.111. The molecule has 1 radical (unpaired) electrons. The fourth-order valence-electron chi connectivity index (χ4n) is 0.227. The molecule has 0 aromatic rings. The smallest absolute Gasteiger partial charge is 0.434 e. The van der Waals surface area contributed by atoms with Crippen LogP contribution >= 0.6 is 0 Å². The number of ether oxygens (including phenoxy) is 2. The fraction of sp³-hybridized carbons (Fsp3) is 0.400. The van der Waals surface area contributed by atoms with Gasteiger partial charge >= 0.3 is 6.16 Å². The summed E-state index contributed by atoms with van der Waals surface area (Å²) >= 11 is 0. The maximum Gasteiger partial charge on any atom is 0.508 e. The molecule has 0 saturated heterocycles. The van der Waals surface area contributed by atoms with Gasteiger partial charge in [0.2, 0.25) is 0 Å². The second-order valence-corrected chi connectivity index (χ2v) is 1.08. The molecule has 0 bridgehead atoms. The Bertz CT molecular complexity index is 99.1. The normalized spacial score (nSPS) is 8.11. The van der Waals surface area contributed by atoms with E-state index in [0.717, 1.165) is 0 Å². The summed E-state index contributed by atoms with van der Waals surface area (Å²) in [5, 5.41) is 0. The summed E-state index contributed by atoms with van der Waals surface area (Å²) < 4.78 is 8.38. The van der Waals surface area contributed by atoms with E-state index in [1.807, 2.05) is 0 Å². The Balaban J connectivity index is 3.16. The van der Waals surface area contributed by atoms with E-state index in [1.54, 1.807) is 0 Å². The predicted molar refractivity (Wildman–Crippen MR) is 28.7 cm³/mol. The standard InChI is InChI=1S/C5H7O4/c1-2-8-5(7)9-4-3-6/h3H,1-2,4H2. The van der Waals surface area contributed by atoms with E-state index in [-0.39, 0.29) is 13.2 Å². The van der Waals surface area contributed by atoms with E-state index >= 15 is 0 Å². The molecular formula is C5H7O4. The van der Waals surface area contributed by atoms with E-state index in [0.29, 0.717) is 6.29 Å². The fourth-order valence-corrected chi connectivity index (χ4v) is 0.227. The van der Waals surface area contributed by atoms with Crippen LogP contribution in [0.15, 0.2) is 0 Å². The van der Waals surface area contributed by atoms with Crippen LogP contribution in [0.3, 0.4) is 0 Å². The zero-order chi connectivity index (χ0) is 7.11. The molecule has 9 heavy (non-hydrogen) atoms. The third-order valence-corrected chi connectivity index (χ3v) is 0.489. The minimum Gasteiger partial charge on any atom is -0.434 e. The highest BCUT2D eigenvalue weighted by molar-refractivity contribution is 5.63. The Morgan fingerprint density at radius 3 is 2.67 bits per heavy atom. The van der Waals surface area contributed by atoms with Crippen LogP contribution in [0, 0.1) is 6.92 Å². The quantitative estimate of drug-likeness (QED) is 0.404. The first-order valence-corrected chi connectivity index (χ1v) is 2.33. The summed E-state index contributed by atoms with van der Waals surface area (Å²) in [7, 11) is 0. The van der Waals surface area contributed by atoms with Gasteiger partial charge in [-0.15, -0.1) is 0 Å². The molecular weight excluding hydrogens is 124 g/mol. The van der Waals surface area contributed by atoms with Crippen molar-refractivity contribution < 1.29 is 19.1 Å². The van der Waals surface area contributed by atoms with Gasteiger partial charge in [-0.1, -0.05) is 0 Å². The average molecular weight is 131 g/mol. The molecule has 0 amide bonds. The molecule has 0 aromatic heterocycles. The first-order valence-electron chi connectivity index (χ1n) is 2.33. The topological polar surface area (TPSA) is 52.6 Å². The van der Waals surface area contributed by atoms with Gasteiger partial charge in [0, 0.05) is 0 Å². The van der Waals surface area contributed by atoms with Crippen molar-refractivity contribution >= 4 is 12.4 Å². The summed E-state index contributed by atoms with van der Waals surface area (Å²) in [5.41, 5.74) is 0. The zero-order valence-corrected chi connectivity index (χ0v) is 4.83. The molecule has 0 spiro atoms. The molecule has 0 aliphatic heterocycles. The SMILES string of the molecule is [CH2]COC(=O)OCC=O. The van der Waals surface area contributed by atoms with Crippen LogP contribution in [-0.4, -0.2) is 25.7 Å². The molecule has 0 N–H and O–H groups in total. The Morgan fingerprint density at radius 2 is 2.22 bits per heavy atom. The van der Waals surface area contributed by atoms with Gasteiger partial charge < -0.3 is 9.47 Å². The summed E-state index contributed by atoms with van der Waals surface area (Å²) in [6, 6.07) is 0. The largest absolute Gasteiger partial charge is 0.508 e. The molecule has 0 aliphatic rings. The first kappa shape index (κ1) is 7.94. The maximum atomic E-state index is 10.2. The van der Waals surface area contributed by atoms with E-state index < -0.39 is 6.16 Å². The van der Waals surface area contributed by atoms with Gasteiger partial charge in [-0.2, -0.15) is 0 Å². The number of carbonyl (C=O) groups is 2. The second kappa shape index (κ2) is 5.08. The van der Waals surface area contributed by atoms with Gasteiger partial charge in [-0.3, -0.25) is 4.79 Å². The van der Waals surface area contributed by atoms with Crippen LogP contribution in [0.2, 0.25) is 0 Å². The van der Waals surface area contributed by atoms with Crippen LogP contribution in [0.1, 0.15) is 0 Å². The van der Waals surface area contributed by atoms with Crippen molar-refractivity contribution in [2.45, 2.75) is 0 Å². The molecule has 0 heterocycles. The highest BCUT2D eigenvalue weighted by Crippen LogP contribution is 1.81. The van der Waals surface area contributed by atoms with Gasteiger partial charge in [0.25, 0.3) is 0 Å². The summed E-state index contributed by atoms with van der Waals surface area (Å²) in [4.78, 5) is 19.7. The van der Waals surface area contributed by atoms with Crippen molar-refractivity contribution in [3.63, 3.8) is 0 Å². The van der Waals surface area contributed by atoms with Crippen molar-refractivity contribution in [2.24, 2.45) is 0 Å². The molecule has 4 heteroatoms. The molecule has 0 atom stereocenters. The number of hydrogen-bond acceptors (Lipinski definition) is 4. The van der Waals surface area contributed by atoms with Crippen LogP contribution in [0.25, 0.3) is 0 Å².